The van der Waals surface area contributed by atoms with E-state index in [1.807, 2.05) is 24.3 Å². The fourth-order valence-corrected chi connectivity index (χ4v) is 5.19. The summed E-state index contributed by atoms with van der Waals surface area (Å²) in [5.74, 6) is 0. The van der Waals surface area contributed by atoms with Gasteiger partial charge in [0.2, 0.25) is 5.03 Å². The molecule has 6 nitrogen and oxygen atoms in total. The van der Waals surface area contributed by atoms with Crippen LogP contribution in [0.3, 0.4) is 0 Å². The Bertz CT molecular complexity index is 753. The summed E-state index contributed by atoms with van der Waals surface area (Å²) in [6.45, 7) is 0.469. The van der Waals surface area contributed by atoms with Crippen LogP contribution >= 0.6 is 15.9 Å². The van der Waals surface area contributed by atoms with Gasteiger partial charge in [0.15, 0.2) is 4.60 Å². The minimum absolute atomic E-state index is 0.0826. The summed E-state index contributed by atoms with van der Waals surface area (Å²) in [5.41, 5.74) is 1.81. The largest absolute Gasteiger partial charge is 0.284 e. The number of rotatable bonds is 2. The third kappa shape index (κ3) is 2.46. The van der Waals surface area contributed by atoms with E-state index >= 15 is 0 Å². The number of sulfonamides is 1. The van der Waals surface area contributed by atoms with E-state index in [2.05, 4.69) is 26.2 Å². The lowest BCUT2D eigenvalue weighted by atomic mass is 10.1. The highest BCUT2D eigenvalue weighted by molar-refractivity contribution is 9.10. The van der Waals surface area contributed by atoms with E-state index in [-0.39, 0.29) is 9.63 Å². The zero-order valence-electron chi connectivity index (χ0n) is 11.5. The van der Waals surface area contributed by atoms with Crippen molar-refractivity contribution in [3.8, 4) is 0 Å². The Hall–Kier alpha value is -1.41. The van der Waals surface area contributed by atoms with E-state index in [0.717, 1.165) is 30.5 Å². The lowest BCUT2D eigenvalue weighted by Crippen LogP contribution is -2.33. The van der Waals surface area contributed by atoms with E-state index in [0.29, 0.717) is 6.54 Å². The fourth-order valence-electron chi connectivity index (χ4n) is 2.61. The summed E-state index contributed by atoms with van der Waals surface area (Å²) in [5, 5.41) is 7.63. The van der Waals surface area contributed by atoms with Crippen LogP contribution in [0, 0.1) is 0 Å². The van der Waals surface area contributed by atoms with Crippen molar-refractivity contribution in [2.24, 2.45) is 7.05 Å². The number of hydrogen-bond acceptors (Lipinski definition) is 4. The molecular weight excluding hydrogens is 356 g/mol. The van der Waals surface area contributed by atoms with Crippen molar-refractivity contribution in [1.29, 1.82) is 0 Å². The third-order valence-corrected chi connectivity index (χ3v) is 6.29. The molecule has 1 aromatic carbocycles. The van der Waals surface area contributed by atoms with Gasteiger partial charge >= 0.3 is 0 Å². The Labute approximate surface area is 131 Å². The number of hydrogen-bond donors (Lipinski definition) is 0. The number of aryl methyl sites for hydroxylation is 2. The van der Waals surface area contributed by atoms with Gasteiger partial charge in [-0.1, -0.05) is 23.4 Å². The SMILES string of the molecule is Cn1nnc(Br)c1S(=O)(=O)N1CCCCc2ccccc21. The summed E-state index contributed by atoms with van der Waals surface area (Å²) < 4.78 is 29.0. The third-order valence-electron chi connectivity index (χ3n) is 3.59. The molecule has 0 saturated carbocycles. The molecule has 8 heteroatoms. The van der Waals surface area contributed by atoms with Crippen molar-refractivity contribution in [2.45, 2.75) is 24.3 Å². The van der Waals surface area contributed by atoms with E-state index < -0.39 is 10.0 Å². The normalized spacial score (nSPS) is 15.6. The van der Waals surface area contributed by atoms with Gasteiger partial charge in [-0.15, -0.1) is 5.10 Å². The van der Waals surface area contributed by atoms with Gasteiger partial charge in [0, 0.05) is 13.6 Å². The van der Waals surface area contributed by atoms with E-state index in [9.17, 15) is 8.42 Å². The fraction of sp³-hybridized carbons (Fsp3) is 0.385. The molecule has 3 rings (SSSR count). The number of para-hydroxylation sites is 1. The van der Waals surface area contributed by atoms with Crippen molar-refractivity contribution in [1.82, 2.24) is 15.0 Å². The first kappa shape index (κ1) is 14.5. The molecular formula is C13H15BrN4O2S. The number of fused-ring (bicyclic) bond motifs is 1. The summed E-state index contributed by atoms with van der Waals surface area (Å²) >= 11 is 3.18. The second-order valence-corrected chi connectivity index (χ2v) is 7.50. The molecule has 0 fully saturated rings. The van der Waals surface area contributed by atoms with Crippen molar-refractivity contribution >= 4 is 31.6 Å². The summed E-state index contributed by atoms with van der Waals surface area (Å²) in [7, 11) is -2.11. The average molecular weight is 371 g/mol. The topological polar surface area (TPSA) is 68.1 Å². The molecule has 0 unspecified atom stereocenters. The minimum atomic E-state index is -3.69. The van der Waals surface area contributed by atoms with Crippen LogP contribution in [0.15, 0.2) is 33.9 Å². The molecule has 0 saturated heterocycles. The van der Waals surface area contributed by atoms with Gasteiger partial charge in [-0.3, -0.25) is 4.31 Å². The van der Waals surface area contributed by atoms with Crippen LogP contribution in [0.1, 0.15) is 18.4 Å². The van der Waals surface area contributed by atoms with Gasteiger partial charge in [-0.25, -0.2) is 4.68 Å². The molecule has 0 amide bonds. The van der Waals surface area contributed by atoms with Crippen molar-refractivity contribution < 1.29 is 8.42 Å². The van der Waals surface area contributed by atoms with Gasteiger partial charge in [-0.05, 0) is 46.8 Å². The standard InChI is InChI=1S/C13H15BrN4O2S/c1-17-13(12(14)15-16-17)21(19,20)18-9-5-4-7-10-6-2-3-8-11(10)18/h2-3,6,8H,4-5,7,9H2,1H3. The molecule has 1 aliphatic rings. The second kappa shape index (κ2) is 5.42. The maximum Gasteiger partial charge on any atom is 0.284 e. The predicted octanol–water partition coefficient (Wildman–Crippen LogP) is 2.11. The van der Waals surface area contributed by atoms with Crippen LogP contribution in [0.25, 0.3) is 0 Å². The first-order chi connectivity index (χ1) is 10.0. The highest BCUT2D eigenvalue weighted by atomic mass is 79.9. The van der Waals surface area contributed by atoms with Gasteiger partial charge in [-0.2, -0.15) is 8.42 Å². The monoisotopic (exact) mass is 370 g/mol. The van der Waals surface area contributed by atoms with E-state index in [1.165, 1.54) is 8.99 Å². The van der Waals surface area contributed by atoms with Crippen LogP contribution in [-0.4, -0.2) is 30.0 Å². The molecule has 112 valence electrons. The van der Waals surface area contributed by atoms with Crippen LogP contribution < -0.4 is 4.31 Å². The van der Waals surface area contributed by atoms with Gasteiger partial charge in [0.05, 0.1) is 5.69 Å². The van der Waals surface area contributed by atoms with E-state index in [4.69, 9.17) is 0 Å². The molecule has 0 N–H and O–H groups in total. The highest BCUT2D eigenvalue weighted by Crippen LogP contribution is 2.32. The molecule has 2 heterocycles. The minimum Gasteiger partial charge on any atom is -0.265 e. The number of anilines is 1. The molecule has 0 bridgehead atoms. The van der Waals surface area contributed by atoms with Crippen molar-refractivity contribution in [3.63, 3.8) is 0 Å². The summed E-state index contributed by atoms with van der Waals surface area (Å²) in [4.78, 5) is 0. The maximum absolute atomic E-state index is 13.0. The molecule has 0 spiro atoms. The maximum atomic E-state index is 13.0. The van der Waals surface area contributed by atoms with E-state index in [1.54, 1.807) is 7.05 Å². The molecule has 0 aliphatic carbocycles. The number of nitrogens with zero attached hydrogens (tertiary/aromatic N) is 4. The van der Waals surface area contributed by atoms with Crippen molar-refractivity contribution in [2.75, 3.05) is 10.8 Å². The summed E-state index contributed by atoms with van der Waals surface area (Å²) in [6, 6.07) is 7.65. The molecule has 1 aliphatic heterocycles. The summed E-state index contributed by atoms with van der Waals surface area (Å²) in [6.07, 6.45) is 2.71. The molecule has 21 heavy (non-hydrogen) atoms. The zero-order valence-corrected chi connectivity index (χ0v) is 13.9. The number of aromatic nitrogens is 3. The first-order valence-electron chi connectivity index (χ1n) is 6.67. The Balaban J connectivity index is 2.16. The highest BCUT2D eigenvalue weighted by Gasteiger charge is 2.33. The zero-order chi connectivity index (χ0) is 15.0. The van der Waals surface area contributed by atoms with Gasteiger partial charge in [0.25, 0.3) is 10.0 Å². The Morgan fingerprint density at radius 1 is 1.24 bits per heavy atom. The molecule has 1 aromatic heterocycles. The lowest BCUT2D eigenvalue weighted by Gasteiger charge is -2.24. The van der Waals surface area contributed by atoms with Crippen LogP contribution in [0.2, 0.25) is 0 Å². The van der Waals surface area contributed by atoms with Gasteiger partial charge in [0.1, 0.15) is 0 Å². The first-order valence-corrected chi connectivity index (χ1v) is 8.91. The van der Waals surface area contributed by atoms with Crippen LogP contribution in [0.4, 0.5) is 5.69 Å². The number of halogens is 1. The van der Waals surface area contributed by atoms with Crippen LogP contribution in [-0.2, 0) is 23.5 Å². The molecule has 2 aromatic rings. The Morgan fingerprint density at radius 3 is 2.71 bits per heavy atom. The predicted molar refractivity (Wildman–Crippen MR) is 82.6 cm³/mol. The number of benzene rings is 1. The second-order valence-electron chi connectivity index (χ2n) is 4.97. The average Bonchev–Trinajstić information content (AvgIpc) is 2.68. The quantitative estimate of drug-likeness (QED) is 0.811. The van der Waals surface area contributed by atoms with Crippen molar-refractivity contribution in [3.05, 3.63) is 34.4 Å². The Kier molecular flexibility index (Phi) is 3.75. The van der Waals surface area contributed by atoms with Gasteiger partial charge < -0.3 is 0 Å². The van der Waals surface area contributed by atoms with Crippen LogP contribution in [0.5, 0.6) is 0 Å². The molecule has 0 atom stereocenters. The molecule has 0 radical (unpaired) electrons. The smallest absolute Gasteiger partial charge is 0.265 e. The Morgan fingerprint density at radius 2 is 2.00 bits per heavy atom. The lowest BCUT2D eigenvalue weighted by molar-refractivity contribution is 0.568.